The van der Waals surface area contributed by atoms with Crippen LogP contribution in [-0.4, -0.2) is 15.9 Å². The van der Waals surface area contributed by atoms with E-state index in [2.05, 4.69) is 10.1 Å². The lowest BCUT2D eigenvalue weighted by Gasteiger charge is -2.08. The maximum atomic E-state index is 12.5. The topological polar surface area (TPSA) is 76.5 Å². The lowest BCUT2D eigenvalue weighted by Crippen LogP contribution is -2.32. The number of aromatic nitrogens is 2. The number of benzene rings is 3. The summed E-state index contributed by atoms with van der Waals surface area (Å²) in [5.41, 5.74) is 0.911. The summed E-state index contributed by atoms with van der Waals surface area (Å²) >= 11 is 12.0. The number of halogens is 2. The van der Waals surface area contributed by atoms with Gasteiger partial charge < -0.3 is 9.72 Å². The molecule has 0 saturated carbocycles. The van der Waals surface area contributed by atoms with Gasteiger partial charge >= 0.3 is 5.69 Å². The Labute approximate surface area is 181 Å². The molecule has 30 heavy (non-hydrogen) atoms. The van der Waals surface area contributed by atoms with Gasteiger partial charge in [-0.3, -0.25) is 4.79 Å². The van der Waals surface area contributed by atoms with Crippen molar-refractivity contribution in [3.63, 3.8) is 0 Å². The Morgan fingerprint density at radius 3 is 2.53 bits per heavy atom. The van der Waals surface area contributed by atoms with Gasteiger partial charge in [0.1, 0.15) is 12.4 Å². The number of nitrogens with one attached hydrogen (secondary N) is 1. The summed E-state index contributed by atoms with van der Waals surface area (Å²) in [5.74, 6) is 0.638. The molecule has 1 aromatic heterocycles. The van der Waals surface area contributed by atoms with Crippen molar-refractivity contribution < 1.29 is 4.74 Å². The lowest BCUT2D eigenvalue weighted by atomic mass is 10.2. The number of para-hydroxylation sites is 1. The van der Waals surface area contributed by atoms with Crippen molar-refractivity contribution in [2.24, 2.45) is 5.10 Å². The minimum atomic E-state index is -0.602. The van der Waals surface area contributed by atoms with Crippen LogP contribution in [0.25, 0.3) is 10.9 Å². The Morgan fingerprint density at radius 1 is 1.00 bits per heavy atom. The molecular formula is C22H15Cl2N3O3. The third-order valence-corrected chi connectivity index (χ3v) is 4.98. The van der Waals surface area contributed by atoms with Crippen LogP contribution < -0.4 is 16.0 Å². The number of aromatic amines is 1. The molecule has 1 heterocycles. The Bertz CT molecular complexity index is 1360. The quantitative estimate of drug-likeness (QED) is 0.466. The number of hydrogen-bond donors (Lipinski definition) is 1. The molecule has 3 aromatic carbocycles. The van der Waals surface area contributed by atoms with Gasteiger partial charge in [-0.15, -0.1) is 4.68 Å². The molecule has 1 N–H and O–H groups in total. The summed E-state index contributed by atoms with van der Waals surface area (Å²) in [6.07, 6.45) is 1.44. The van der Waals surface area contributed by atoms with Crippen LogP contribution in [0.3, 0.4) is 0 Å². The molecule has 0 saturated heterocycles. The first kappa shape index (κ1) is 19.9. The SMILES string of the molecule is O=c1[nH]c2ccccc2c(=O)n1N=Cc1ccc(OCc2ccc(Cl)cc2Cl)cc1. The second kappa shape index (κ2) is 8.57. The van der Waals surface area contributed by atoms with E-state index in [1.165, 1.54) is 6.21 Å². The van der Waals surface area contributed by atoms with Crippen molar-refractivity contribution in [2.45, 2.75) is 6.61 Å². The van der Waals surface area contributed by atoms with Crippen molar-refractivity contribution >= 4 is 40.3 Å². The number of fused-ring (bicyclic) bond motifs is 1. The molecule has 0 aliphatic rings. The zero-order chi connectivity index (χ0) is 21.1. The third kappa shape index (κ3) is 4.30. The average molecular weight is 440 g/mol. The van der Waals surface area contributed by atoms with Gasteiger partial charge in [0.2, 0.25) is 0 Å². The van der Waals surface area contributed by atoms with Gasteiger partial charge in [0.25, 0.3) is 5.56 Å². The zero-order valence-corrected chi connectivity index (χ0v) is 17.0. The first-order valence-corrected chi connectivity index (χ1v) is 9.72. The molecule has 0 amide bonds. The molecule has 0 radical (unpaired) electrons. The zero-order valence-electron chi connectivity index (χ0n) is 15.5. The molecule has 0 unspecified atom stereocenters. The van der Waals surface area contributed by atoms with E-state index in [1.807, 2.05) is 6.07 Å². The van der Waals surface area contributed by atoms with Crippen LogP contribution in [-0.2, 0) is 6.61 Å². The maximum Gasteiger partial charge on any atom is 0.349 e. The Morgan fingerprint density at radius 2 is 1.77 bits per heavy atom. The van der Waals surface area contributed by atoms with Crippen LogP contribution in [0.2, 0.25) is 10.0 Å². The van der Waals surface area contributed by atoms with Gasteiger partial charge in [-0.2, -0.15) is 5.10 Å². The lowest BCUT2D eigenvalue weighted by molar-refractivity contribution is 0.306. The van der Waals surface area contributed by atoms with Crippen molar-refractivity contribution in [2.75, 3.05) is 0 Å². The van der Waals surface area contributed by atoms with E-state index in [1.54, 1.807) is 60.7 Å². The van der Waals surface area contributed by atoms with Crippen molar-refractivity contribution in [1.29, 1.82) is 0 Å². The fraction of sp³-hybridized carbons (Fsp3) is 0.0455. The second-order valence-electron chi connectivity index (χ2n) is 6.43. The van der Waals surface area contributed by atoms with Crippen LogP contribution in [0.15, 0.2) is 81.4 Å². The normalized spacial score (nSPS) is 11.3. The fourth-order valence-corrected chi connectivity index (χ4v) is 3.30. The van der Waals surface area contributed by atoms with Crippen LogP contribution in [0.1, 0.15) is 11.1 Å². The third-order valence-electron chi connectivity index (χ3n) is 4.40. The molecule has 4 rings (SSSR count). The molecule has 8 heteroatoms. The number of nitrogens with zero attached hydrogens (tertiary/aromatic N) is 2. The summed E-state index contributed by atoms with van der Waals surface area (Å²) in [6.45, 7) is 0.297. The highest BCUT2D eigenvalue weighted by atomic mass is 35.5. The van der Waals surface area contributed by atoms with Crippen LogP contribution in [0, 0.1) is 0 Å². The Balaban J connectivity index is 1.50. The first-order valence-electron chi connectivity index (χ1n) is 8.96. The monoisotopic (exact) mass is 439 g/mol. The van der Waals surface area contributed by atoms with E-state index in [9.17, 15) is 9.59 Å². The molecule has 0 aliphatic carbocycles. The molecule has 0 spiro atoms. The fourth-order valence-electron chi connectivity index (χ4n) is 2.83. The van der Waals surface area contributed by atoms with Gasteiger partial charge in [-0.1, -0.05) is 41.4 Å². The molecule has 6 nitrogen and oxygen atoms in total. The summed E-state index contributed by atoms with van der Waals surface area (Å²) < 4.78 is 6.54. The largest absolute Gasteiger partial charge is 0.489 e. The maximum absolute atomic E-state index is 12.5. The highest BCUT2D eigenvalue weighted by Gasteiger charge is 2.06. The molecule has 4 aromatic rings. The van der Waals surface area contributed by atoms with Crippen LogP contribution >= 0.6 is 23.2 Å². The van der Waals surface area contributed by atoms with Gasteiger partial charge in [0.05, 0.1) is 17.1 Å². The summed E-state index contributed by atoms with van der Waals surface area (Å²) in [6, 6.07) is 19.1. The average Bonchev–Trinajstić information content (AvgIpc) is 2.74. The summed E-state index contributed by atoms with van der Waals surface area (Å²) in [7, 11) is 0. The van der Waals surface area contributed by atoms with E-state index in [-0.39, 0.29) is 0 Å². The minimum Gasteiger partial charge on any atom is -0.489 e. The van der Waals surface area contributed by atoms with Gasteiger partial charge in [0.15, 0.2) is 0 Å². The van der Waals surface area contributed by atoms with Crippen LogP contribution in [0.5, 0.6) is 5.75 Å². The van der Waals surface area contributed by atoms with Crippen LogP contribution in [0.4, 0.5) is 0 Å². The molecule has 150 valence electrons. The highest BCUT2D eigenvalue weighted by molar-refractivity contribution is 6.35. The van der Waals surface area contributed by atoms with Crippen molar-refractivity contribution in [3.8, 4) is 5.75 Å². The Hall–Kier alpha value is -3.35. The van der Waals surface area contributed by atoms with Gasteiger partial charge in [0, 0.05) is 15.6 Å². The molecule has 0 atom stereocenters. The number of rotatable bonds is 5. The molecule has 0 aliphatic heterocycles. The number of H-pyrrole nitrogens is 1. The summed E-state index contributed by atoms with van der Waals surface area (Å²) in [4.78, 5) is 27.3. The number of ether oxygens (including phenoxy) is 1. The Kier molecular flexibility index (Phi) is 5.70. The van der Waals surface area contributed by atoms with Gasteiger partial charge in [-0.05, 0) is 54.1 Å². The first-order chi connectivity index (χ1) is 14.5. The predicted molar refractivity (Wildman–Crippen MR) is 119 cm³/mol. The van der Waals surface area contributed by atoms with E-state index >= 15 is 0 Å². The second-order valence-corrected chi connectivity index (χ2v) is 7.27. The minimum absolute atomic E-state index is 0.297. The van der Waals surface area contributed by atoms with E-state index in [0.717, 1.165) is 10.2 Å². The van der Waals surface area contributed by atoms with E-state index in [0.29, 0.717) is 38.9 Å². The molecular weight excluding hydrogens is 425 g/mol. The van der Waals surface area contributed by atoms with E-state index in [4.69, 9.17) is 27.9 Å². The van der Waals surface area contributed by atoms with Crippen molar-refractivity contribution in [3.05, 3.63) is 109 Å². The highest BCUT2D eigenvalue weighted by Crippen LogP contribution is 2.22. The predicted octanol–water partition coefficient (Wildman–Crippen LogP) is 4.46. The standard InChI is InChI=1S/C22H15Cl2N3O3/c23-16-8-7-15(19(24)11-16)13-30-17-9-5-14(6-10-17)12-25-27-21(28)18-3-1-2-4-20(18)26-22(27)29/h1-12H,13H2,(H,26,29). The molecule has 0 fully saturated rings. The molecule has 0 bridgehead atoms. The van der Waals surface area contributed by atoms with E-state index < -0.39 is 11.2 Å². The number of hydrogen-bond acceptors (Lipinski definition) is 4. The van der Waals surface area contributed by atoms with Gasteiger partial charge in [-0.25, -0.2) is 4.79 Å². The smallest absolute Gasteiger partial charge is 0.349 e. The van der Waals surface area contributed by atoms with Crippen molar-refractivity contribution in [1.82, 2.24) is 9.66 Å². The summed E-state index contributed by atoms with van der Waals surface area (Å²) in [5, 5.41) is 5.53.